The number of fused-ring (bicyclic) bond motifs is 2. The Morgan fingerprint density at radius 1 is 0.969 bits per heavy atom. The van der Waals surface area contributed by atoms with E-state index in [9.17, 15) is 24.0 Å². The predicted molar refractivity (Wildman–Crippen MR) is 244 cm³/mol. The van der Waals surface area contributed by atoms with Crippen molar-refractivity contribution < 1.29 is 33.4 Å². The van der Waals surface area contributed by atoms with E-state index in [-0.39, 0.29) is 60.3 Å². The average Bonchev–Trinajstić information content (AvgIpc) is 3.62. The summed E-state index contributed by atoms with van der Waals surface area (Å²) >= 11 is 6.61. The molecule has 17 nitrogen and oxygen atoms in total. The lowest BCUT2D eigenvalue weighted by Crippen LogP contribution is -2.52. The van der Waals surface area contributed by atoms with E-state index in [2.05, 4.69) is 30.7 Å². The maximum Gasteiger partial charge on any atom is 0.293 e. The van der Waals surface area contributed by atoms with Gasteiger partial charge in [-0.05, 0) is 114 Å². The molecule has 9 rings (SSSR count). The molecule has 4 aliphatic heterocycles. The molecule has 3 saturated heterocycles. The van der Waals surface area contributed by atoms with E-state index < -0.39 is 11.9 Å². The van der Waals surface area contributed by atoms with Crippen LogP contribution in [0.15, 0.2) is 47.4 Å². The van der Waals surface area contributed by atoms with Crippen molar-refractivity contribution in [2.45, 2.75) is 108 Å². The zero-order valence-electron chi connectivity index (χ0n) is 37.2. The fourth-order valence-corrected chi connectivity index (χ4v) is 10.3. The van der Waals surface area contributed by atoms with Crippen LogP contribution in [-0.2, 0) is 25.7 Å². The topological polar surface area (TPSA) is 190 Å². The number of methoxy groups -OCH3 is 1. The van der Waals surface area contributed by atoms with E-state index in [1.165, 1.54) is 7.05 Å². The second-order valence-electron chi connectivity index (χ2n) is 18.0. The summed E-state index contributed by atoms with van der Waals surface area (Å²) in [5.74, 6) is 0.963. The summed E-state index contributed by atoms with van der Waals surface area (Å²) in [6, 6.07) is 10.9. The number of halogens is 1. The van der Waals surface area contributed by atoms with Crippen LogP contribution in [0, 0.1) is 0 Å². The van der Waals surface area contributed by atoms with Crippen LogP contribution >= 0.6 is 11.6 Å². The molecular weight excluding hydrogens is 854 g/mol. The number of likely N-dealkylation sites (N-methyl/N-ethyl adjacent to an activating group) is 1. The maximum absolute atomic E-state index is 13.4. The Morgan fingerprint density at radius 3 is 2.45 bits per heavy atom. The van der Waals surface area contributed by atoms with Gasteiger partial charge in [-0.25, -0.2) is 4.98 Å². The lowest BCUT2D eigenvalue weighted by atomic mass is 9.82. The Bertz CT molecular complexity index is 2560. The monoisotopic (exact) mass is 909 g/mol. The fraction of sp³-hybridized carbons (Fsp3) is 0.511. The summed E-state index contributed by atoms with van der Waals surface area (Å²) in [4.78, 5) is 78.5. The van der Waals surface area contributed by atoms with Crippen LogP contribution in [0.1, 0.15) is 98.7 Å². The molecule has 344 valence electrons. The molecule has 1 aliphatic carbocycles. The third kappa shape index (κ3) is 8.97. The number of hydrogen-bond acceptors (Lipinski definition) is 13. The van der Waals surface area contributed by atoms with Gasteiger partial charge in [-0.1, -0.05) is 17.7 Å². The van der Waals surface area contributed by atoms with Gasteiger partial charge in [-0.2, -0.15) is 4.98 Å². The average molecular weight is 910 g/mol. The molecule has 2 aromatic heterocycles. The molecule has 4 fully saturated rings. The summed E-state index contributed by atoms with van der Waals surface area (Å²) in [7, 11) is 3.17. The zero-order chi connectivity index (χ0) is 45.5. The van der Waals surface area contributed by atoms with Gasteiger partial charge >= 0.3 is 0 Å². The molecular formula is C47H56ClN9O8. The summed E-state index contributed by atoms with van der Waals surface area (Å²) in [6.45, 7) is 7.36. The molecule has 6 heterocycles. The molecule has 65 heavy (non-hydrogen) atoms. The van der Waals surface area contributed by atoms with E-state index >= 15 is 0 Å². The summed E-state index contributed by atoms with van der Waals surface area (Å²) in [6.07, 6.45) is 8.34. The van der Waals surface area contributed by atoms with Crippen LogP contribution < -0.4 is 35.9 Å². The van der Waals surface area contributed by atoms with Crippen LogP contribution in [0.4, 0.5) is 17.5 Å². The van der Waals surface area contributed by atoms with Gasteiger partial charge in [0, 0.05) is 60.8 Å². The number of likely N-dealkylation sites (tertiary alicyclic amines) is 1. The summed E-state index contributed by atoms with van der Waals surface area (Å²) in [5.41, 5.74) is 3.66. The Kier molecular flexibility index (Phi) is 12.7. The quantitative estimate of drug-likeness (QED) is 0.151. The number of hydrogen-bond donors (Lipinski definition) is 3. The Labute approximate surface area is 382 Å². The van der Waals surface area contributed by atoms with Crippen molar-refractivity contribution in [1.29, 1.82) is 0 Å². The minimum atomic E-state index is -0.658. The van der Waals surface area contributed by atoms with Gasteiger partial charge in [0.15, 0.2) is 18.2 Å². The highest BCUT2D eigenvalue weighted by Crippen LogP contribution is 2.43. The molecule has 1 unspecified atom stereocenters. The lowest BCUT2D eigenvalue weighted by molar-refractivity contribution is -0.137. The highest BCUT2D eigenvalue weighted by Gasteiger charge is 2.42. The van der Waals surface area contributed by atoms with Crippen molar-refractivity contribution in [2.75, 3.05) is 57.2 Å². The van der Waals surface area contributed by atoms with E-state index in [4.69, 9.17) is 30.8 Å². The summed E-state index contributed by atoms with van der Waals surface area (Å²) < 4.78 is 19.9. The van der Waals surface area contributed by atoms with Gasteiger partial charge in [0.05, 0.1) is 37.6 Å². The standard InChI is InChI=1S/C47H56ClN9O8/c1-26(2)57-37-8-5-29(19-28(37)20-39(46(57)62)64-25-41(59)49-3)51-43-36(48)23-50-47(53-43)55-17-13-31(14-18-55)65-32-21-30(22-32)54-15-11-27(12-16-54)33-6-7-34-35(42(33)63-4)24-56(45(34)61)38-9-10-40(58)52-44(38)60/h5-8,19-20,23,26-27,30-32,38H,9-18,21-22,24-25H2,1-4H3,(H,49,59)(H,50,51,53)(H,52,58,60)/t30-,32-,38?. The number of piperidine rings is 3. The minimum Gasteiger partial charge on any atom is -0.496 e. The van der Waals surface area contributed by atoms with Gasteiger partial charge in [0.25, 0.3) is 17.4 Å². The van der Waals surface area contributed by atoms with Crippen LogP contribution in [-0.4, -0.2) is 119 Å². The van der Waals surface area contributed by atoms with Crippen LogP contribution in [0.5, 0.6) is 11.5 Å². The second-order valence-corrected chi connectivity index (χ2v) is 18.4. The first-order chi connectivity index (χ1) is 31.4. The molecule has 2 aromatic carbocycles. The molecule has 5 aliphatic rings. The number of rotatable bonds is 13. The van der Waals surface area contributed by atoms with Crippen molar-refractivity contribution in [3.05, 3.63) is 74.7 Å². The number of carbonyl (C=O) groups excluding carboxylic acids is 4. The molecule has 18 heteroatoms. The molecule has 4 amide bonds. The lowest BCUT2D eigenvalue weighted by Gasteiger charge is -2.47. The van der Waals surface area contributed by atoms with E-state index in [1.54, 1.807) is 28.8 Å². The first-order valence-electron chi connectivity index (χ1n) is 22.7. The number of benzene rings is 2. The van der Waals surface area contributed by atoms with E-state index in [0.717, 1.165) is 92.5 Å². The van der Waals surface area contributed by atoms with Gasteiger partial charge in [0.2, 0.25) is 17.8 Å². The van der Waals surface area contributed by atoms with Crippen LogP contribution in [0.2, 0.25) is 5.02 Å². The second kappa shape index (κ2) is 18.6. The van der Waals surface area contributed by atoms with Gasteiger partial charge in [-0.3, -0.25) is 29.3 Å². The highest BCUT2D eigenvalue weighted by atomic mass is 35.5. The highest BCUT2D eigenvalue weighted by molar-refractivity contribution is 6.33. The number of aromatic nitrogens is 3. The van der Waals surface area contributed by atoms with Crippen molar-refractivity contribution in [3.8, 4) is 11.5 Å². The molecule has 1 saturated carbocycles. The molecule has 0 radical (unpaired) electrons. The van der Waals surface area contributed by atoms with E-state index in [1.807, 2.05) is 44.2 Å². The van der Waals surface area contributed by atoms with Gasteiger partial charge in [0.1, 0.15) is 16.8 Å². The first kappa shape index (κ1) is 44.4. The third-order valence-corrected chi connectivity index (χ3v) is 14.0. The molecule has 1 atom stereocenters. The predicted octanol–water partition coefficient (Wildman–Crippen LogP) is 5.06. The Hall–Kier alpha value is -5.78. The number of pyridine rings is 1. The van der Waals surface area contributed by atoms with Crippen LogP contribution in [0.3, 0.4) is 0 Å². The largest absolute Gasteiger partial charge is 0.496 e. The number of carbonyl (C=O) groups is 4. The number of nitrogens with one attached hydrogen (secondary N) is 3. The SMILES string of the molecule is CNC(=O)COc1cc2cc(Nc3nc(N4CCC(O[C@H]5C[C@H](N6CCC(c7ccc8c(c7OC)CN(C7CCC(=O)NC7=O)C8=O)CC6)C5)CC4)ncc3Cl)ccc2n(C(C)C)c1=O. The number of nitrogens with zero attached hydrogens (tertiary/aromatic N) is 6. The van der Waals surface area contributed by atoms with Gasteiger partial charge < -0.3 is 44.1 Å². The first-order valence-corrected chi connectivity index (χ1v) is 23.1. The van der Waals surface area contributed by atoms with E-state index in [0.29, 0.717) is 53.0 Å². The van der Waals surface area contributed by atoms with Gasteiger partial charge in [-0.15, -0.1) is 0 Å². The smallest absolute Gasteiger partial charge is 0.293 e. The third-order valence-electron chi connectivity index (χ3n) is 13.7. The number of ether oxygens (including phenoxy) is 3. The van der Waals surface area contributed by atoms with Crippen molar-refractivity contribution in [2.24, 2.45) is 0 Å². The Morgan fingerprint density at radius 2 is 1.74 bits per heavy atom. The Balaban J connectivity index is 0.752. The van der Waals surface area contributed by atoms with Crippen LogP contribution in [0.25, 0.3) is 10.9 Å². The zero-order valence-corrected chi connectivity index (χ0v) is 38.0. The van der Waals surface area contributed by atoms with Crippen molar-refractivity contribution in [1.82, 2.24) is 35.0 Å². The molecule has 3 N–H and O–H groups in total. The van der Waals surface area contributed by atoms with Crippen molar-refractivity contribution in [3.63, 3.8) is 0 Å². The molecule has 4 aromatic rings. The number of imide groups is 1. The molecule has 0 spiro atoms. The van der Waals surface area contributed by atoms with Crippen molar-refractivity contribution >= 4 is 63.6 Å². The number of amides is 4. The number of anilines is 3. The minimum absolute atomic E-state index is 0.0924. The maximum atomic E-state index is 13.4. The molecule has 0 bridgehead atoms. The normalized spacial score (nSPS) is 21.9. The summed E-state index contributed by atoms with van der Waals surface area (Å²) in [5, 5.41) is 9.35. The fourth-order valence-electron chi connectivity index (χ4n) is 10.1.